The molecule has 3 N–H and O–H groups in total. The number of hydrogen-bond acceptors (Lipinski definition) is 5. The van der Waals surface area contributed by atoms with Gasteiger partial charge in [-0.05, 0) is 56.5 Å². The second-order valence-corrected chi connectivity index (χ2v) is 10.2. The Hall–Kier alpha value is -4.17. The summed E-state index contributed by atoms with van der Waals surface area (Å²) in [5.74, 6) is 0.481. The van der Waals surface area contributed by atoms with Crippen molar-refractivity contribution in [2.45, 2.75) is 52.2 Å². The van der Waals surface area contributed by atoms with E-state index in [-0.39, 0.29) is 30.6 Å². The number of hydrogen-bond donors (Lipinski definition) is 3. The minimum absolute atomic E-state index is 0.0375. The van der Waals surface area contributed by atoms with Crippen LogP contribution in [0.15, 0.2) is 65.1 Å². The fraction of sp³-hybridized carbons (Fsp3) is 0.323. The van der Waals surface area contributed by atoms with Crippen molar-refractivity contribution in [2.75, 3.05) is 13.2 Å². The van der Waals surface area contributed by atoms with Crippen LogP contribution in [0.3, 0.4) is 0 Å². The third-order valence-corrected chi connectivity index (χ3v) is 6.88. The number of fused-ring (bicyclic) bond motifs is 2. The second kappa shape index (κ2) is 11.3. The Morgan fingerprint density at radius 3 is 2.64 bits per heavy atom. The van der Waals surface area contributed by atoms with E-state index in [9.17, 15) is 14.7 Å². The van der Waals surface area contributed by atoms with Gasteiger partial charge in [0.2, 0.25) is 0 Å². The van der Waals surface area contributed by atoms with Crippen LogP contribution in [0.4, 0.5) is 4.79 Å². The van der Waals surface area contributed by atoms with Crippen molar-refractivity contribution in [3.8, 4) is 22.6 Å². The van der Waals surface area contributed by atoms with E-state index in [2.05, 4.69) is 10.6 Å². The summed E-state index contributed by atoms with van der Waals surface area (Å²) >= 11 is 0. The Morgan fingerprint density at radius 2 is 1.90 bits per heavy atom. The zero-order valence-corrected chi connectivity index (χ0v) is 22.5. The first kappa shape index (κ1) is 26.4. The number of carbonyl (C=O) groups is 2. The summed E-state index contributed by atoms with van der Waals surface area (Å²) < 4.78 is 6.11. The number of amides is 3. The lowest BCUT2D eigenvalue weighted by Gasteiger charge is -2.26. The SMILES string of the molecule is CCCNC(=O)c1cc2c(c(-c3cccc(-c4cc5ccccc5o4)c3)n1)[C@H](CCO)N(C(=O)NC(C)C)C2. The first-order valence-corrected chi connectivity index (χ1v) is 13.5. The Bertz CT molecular complexity index is 1480. The molecule has 3 amide bonds. The summed E-state index contributed by atoms with van der Waals surface area (Å²) in [7, 11) is 0. The number of aromatic nitrogens is 1. The standard InChI is InChI=1S/C31H34N4O4/c1-4-13-32-30(37)24-16-23-18-35(31(38)33-19(2)3)25(12-14-36)28(23)29(34-24)22-10-7-9-20(15-22)27-17-21-8-5-6-11-26(21)39-27/h5-11,15-17,19,25,36H,4,12-14,18H2,1-3H3,(H,32,37)(H,33,38)/t25-/m0/s1. The van der Waals surface area contributed by atoms with Crippen molar-refractivity contribution in [1.29, 1.82) is 0 Å². The molecule has 8 nitrogen and oxygen atoms in total. The van der Waals surface area contributed by atoms with Gasteiger partial charge in [0, 0.05) is 47.8 Å². The van der Waals surface area contributed by atoms with Crippen molar-refractivity contribution in [3.05, 3.63) is 77.5 Å². The number of nitrogens with one attached hydrogen (secondary N) is 2. The summed E-state index contributed by atoms with van der Waals surface area (Å²) in [6, 6.07) is 18.9. The lowest BCUT2D eigenvalue weighted by Crippen LogP contribution is -2.42. The number of urea groups is 1. The number of carbonyl (C=O) groups excluding carboxylic acids is 2. The molecule has 8 heteroatoms. The Kier molecular flexibility index (Phi) is 7.65. The third kappa shape index (κ3) is 5.38. The maximum absolute atomic E-state index is 13.2. The zero-order chi connectivity index (χ0) is 27.5. The molecule has 1 atom stereocenters. The van der Waals surface area contributed by atoms with Crippen molar-refractivity contribution in [1.82, 2.24) is 20.5 Å². The predicted molar refractivity (Wildman–Crippen MR) is 151 cm³/mol. The number of benzene rings is 2. The lowest BCUT2D eigenvalue weighted by molar-refractivity contribution is 0.0948. The summed E-state index contributed by atoms with van der Waals surface area (Å²) in [5, 5.41) is 16.8. The van der Waals surface area contributed by atoms with Gasteiger partial charge in [0.25, 0.3) is 5.91 Å². The molecule has 202 valence electrons. The van der Waals surface area contributed by atoms with Gasteiger partial charge < -0.3 is 25.1 Å². The number of furan rings is 1. The number of para-hydroxylation sites is 1. The van der Waals surface area contributed by atoms with Crippen LogP contribution < -0.4 is 10.6 Å². The molecule has 0 fully saturated rings. The fourth-order valence-electron chi connectivity index (χ4n) is 5.14. The number of aliphatic hydroxyl groups is 1. The van der Waals surface area contributed by atoms with Gasteiger partial charge in [-0.15, -0.1) is 0 Å². The van der Waals surface area contributed by atoms with Crippen molar-refractivity contribution >= 4 is 22.9 Å². The molecule has 4 aromatic rings. The van der Waals surface area contributed by atoms with E-state index in [1.807, 2.05) is 75.4 Å². The monoisotopic (exact) mass is 526 g/mol. The van der Waals surface area contributed by atoms with E-state index in [0.717, 1.165) is 45.4 Å². The highest BCUT2D eigenvalue weighted by molar-refractivity contribution is 5.94. The van der Waals surface area contributed by atoms with Gasteiger partial charge in [-0.25, -0.2) is 9.78 Å². The summed E-state index contributed by atoms with van der Waals surface area (Å²) in [6.45, 7) is 6.60. The van der Waals surface area contributed by atoms with E-state index < -0.39 is 0 Å². The minimum atomic E-state index is -0.381. The maximum atomic E-state index is 13.2. The number of aliphatic hydroxyl groups excluding tert-OH is 1. The highest BCUT2D eigenvalue weighted by atomic mass is 16.3. The van der Waals surface area contributed by atoms with Gasteiger partial charge in [-0.2, -0.15) is 0 Å². The Labute approximate surface area is 228 Å². The highest BCUT2D eigenvalue weighted by Gasteiger charge is 2.37. The largest absolute Gasteiger partial charge is 0.456 e. The van der Waals surface area contributed by atoms with E-state index in [0.29, 0.717) is 30.9 Å². The first-order valence-electron chi connectivity index (χ1n) is 13.5. The number of nitrogens with zero attached hydrogens (tertiary/aromatic N) is 2. The molecular formula is C31H34N4O4. The molecule has 0 unspecified atom stereocenters. The quantitative estimate of drug-likeness (QED) is 0.275. The van der Waals surface area contributed by atoms with Crippen LogP contribution >= 0.6 is 0 Å². The van der Waals surface area contributed by atoms with Crippen LogP contribution in [0.2, 0.25) is 0 Å². The van der Waals surface area contributed by atoms with E-state index in [1.165, 1.54) is 0 Å². The molecule has 0 saturated carbocycles. The van der Waals surface area contributed by atoms with Crippen LogP contribution in [0.25, 0.3) is 33.6 Å². The number of pyridine rings is 1. The molecule has 39 heavy (non-hydrogen) atoms. The average Bonchev–Trinajstić information content (AvgIpc) is 3.53. The molecule has 2 aromatic carbocycles. The molecule has 0 bridgehead atoms. The molecule has 0 aliphatic carbocycles. The predicted octanol–water partition coefficient (Wildman–Crippen LogP) is 5.66. The van der Waals surface area contributed by atoms with Gasteiger partial charge in [0.05, 0.1) is 11.7 Å². The molecule has 5 rings (SSSR count). The molecule has 0 spiro atoms. The zero-order valence-electron chi connectivity index (χ0n) is 22.5. The molecule has 1 aliphatic heterocycles. The average molecular weight is 527 g/mol. The van der Waals surface area contributed by atoms with Crippen molar-refractivity contribution in [3.63, 3.8) is 0 Å². The molecule has 1 aliphatic rings. The van der Waals surface area contributed by atoms with E-state index in [4.69, 9.17) is 9.40 Å². The molecular weight excluding hydrogens is 492 g/mol. The van der Waals surface area contributed by atoms with Crippen LogP contribution in [0, 0.1) is 0 Å². The van der Waals surface area contributed by atoms with Crippen molar-refractivity contribution < 1.29 is 19.1 Å². The van der Waals surface area contributed by atoms with E-state index >= 15 is 0 Å². The highest BCUT2D eigenvalue weighted by Crippen LogP contribution is 2.42. The van der Waals surface area contributed by atoms with E-state index in [1.54, 1.807) is 11.0 Å². The summed E-state index contributed by atoms with van der Waals surface area (Å²) in [5.41, 5.74) is 5.14. The molecule has 0 radical (unpaired) electrons. The fourth-order valence-corrected chi connectivity index (χ4v) is 5.14. The minimum Gasteiger partial charge on any atom is -0.456 e. The van der Waals surface area contributed by atoms with Crippen molar-refractivity contribution in [2.24, 2.45) is 0 Å². The van der Waals surface area contributed by atoms with Gasteiger partial charge >= 0.3 is 6.03 Å². The normalized spacial score (nSPS) is 14.6. The van der Waals surface area contributed by atoms with Gasteiger partial charge in [0.1, 0.15) is 17.0 Å². The number of rotatable bonds is 8. The topological polar surface area (TPSA) is 108 Å². The van der Waals surface area contributed by atoms with Gasteiger partial charge in [-0.1, -0.05) is 43.3 Å². The third-order valence-electron chi connectivity index (χ3n) is 6.88. The van der Waals surface area contributed by atoms with Crippen LogP contribution in [-0.2, 0) is 6.54 Å². The second-order valence-electron chi connectivity index (χ2n) is 10.2. The van der Waals surface area contributed by atoms with Gasteiger partial charge in [-0.3, -0.25) is 4.79 Å². The molecule has 2 aromatic heterocycles. The maximum Gasteiger partial charge on any atom is 0.318 e. The van der Waals surface area contributed by atoms with Crippen LogP contribution in [0.5, 0.6) is 0 Å². The lowest BCUT2D eigenvalue weighted by atomic mass is 9.94. The molecule has 3 heterocycles. The van der Waals surface area contributed by atoms with Crippen LogP contribution in [-0.4, -0.2) is 46.1 Å². The summed E-state index contributed by atoms with van der Waals surface area (Å²) in [6.07, 6.45) is 1.17. The smallest absolute Gasteiger partial charge is 0.318 e. The van der Waals surface area contributed by atoms with Gasteiger partial charge in [0.15, 0.2) is 0 Å². The Balaban J connectivity index is 1.63. The summed E-state index contributed by atoms with van der Waals surface area (Å²) in [4.78, 5) is 32.8. The first-order chi connectivity index (χ1) is 18.9. The van der Waals surface area contributed by atoms with Crippen LogP contribution in [0.1, 0.15) is 61.3 Å². The Morgan fingerprint density at radius 1 is 1.10 bits per heavy atom. The molecule has 0 saturated heterocycles.